The van der Waals surface area contributed by atoms with Crippen LogP contribution < -0.4 is 4.74 Å². The molecule has 1 aromatic heterocycles. The molecule has 0 fully saturated rings. The lowest BCUT2D eigenvalue weighted by atomic mass is 10.2. The molecule has 0 bridgehead atoms. The van der Waals surface area contributed by atoms with E-state index < -0.39 is 0 Å². The summed E-state index contributed by atoms with van der Waals surface area (Å²) in [6, 6.07) is 16.9. The van der Waals surface area contributed by atoms with Gasteiger partial charge in [-0.15, -0.1) is 0 Å². The smallest absolute Gasteiger partial charge is 0.257 e. The largest absolute Gasteiger partial charge is 0.489 e. The van der Waals surface area contributed by atoms with E-state index in [4.69, 9.17) is 20.8 Å². The maximum atomic E-state index is 12.2. The Morgan fingerprint density at radius 3 is 2.36 bits per heavy atom. The Kier molecular flexibility index (Phi) is 5.41. The Morgan fingerprint density at radius 1 is 1.04 bits per heavy atom. The summed E-state index contributed by atoms with van der Waals surface area (Å²) in [5, 5.41) is 0.710. The van der Waals surface area contributed by atoms with E-state index in [1.165, 1.54) is 12.5 Å². The molecule has 0 atom stereocenters. The molecule has 0 aliphatic heterocycles. The summed E-state index contributed by atoms with van der Waals surface area (Å²) >= 11 is 5.87. The molecule has 0 saturated heterocycles. The molecule has 0 radical (unpaired) electrons. The normalized spacial score (nSPS) is 10.5. The van der Waals surface area contributed by atoms with E-state index in [2.05, 4.69) is 0 Å². The molecule has 0 N–H and O–H groups in total. The van der Waals surface area contributed by atoms with Crippen molar-refractivity contribution in [2.24, 2.45) is 0 Å². The Bertz CT molecular complexity index is 811. The molecule has 25 heavy (non-hydrogen) atoms. The van der Waals surface area contributed by atoms with E-state index in [0.717, 1.165) is 16.9 Å². The standard InChI is InChI=1S/C20H18ClNO3/c1-22(20(23)17-10-11-24-14-17)12-15-4-8-19(9-5-15)25-13-16-2-6-18(21)7-3-16/h2-11,14H,12-13H2,1H3. The number of amides is 1. The number of halogens is 1. The zero-order valence-corrected chi connectivity index (χ0v) is 14.6. The van der Waals surface area contributed by atoms with Crippen LogP contribution in [-0.4, -0.2) is 17.9 Å². The molecule has 3 aromatic rings. The first-order chi connectivity index (χ1) is 12.1. The van der Waals surface area contributed by atoms with Gasteiger partial charge >= 0.3 is 0 Å². The second-order valence-electron chi connectivity index (χ2n) is 5.73. The summed E-state index contributed by atoms with van der Waals surface area (Å²) in [6.45, 7) is 0.997. The van der Waals surface area contributed by atoms with Gasteiger partial charge < -0.3 is 14.1 Å². The lowest BCUT2D eigenvalue weighted by Gasteiger charge is -2.16. The Hall–Kier alpha value is -2.72. The fourth-order valence-electron chi connectivity index (χ4n) is 2.39. The van der Waals surface area contributed by atoms with Crippen LogP contribution in [-0.2, 0) is 13.2 Å². The molecule has 0 aliphatic rings. The number of rotatable bonds is 6. The van der Waals surface area contributed by atoms with Gasteiger partial charge in [-0.05, 0) is 41.5 Å². The minimum Gasteiger partial charge on any atom is -0.489 e. The number of hydrogen-bond donors (Lipinski definition) is 0. The summed E-state index contributed by atoms with van der Waals surface area (Å²) in [6.07, 6.45) is 2.94. The van der Waals surface area contributed by atoms with Crippen molar-refractivity contribution in [3.8, 4) is 5.75 Å². The summed E-state index contributed by atoms with van der Waals surface area (Å²) in [4.78, 5) is 13.8. The van der Waals surface area contributed by atoms with Gasteiger partial charge in [0.05, 0.1) is 11.8 Å². The average Bonchev–Trinajstić information content (AvgIpc) is 3.16. The molecule has 2 aromatic carbocycles. The third kappa shape index (κ3) is 4.64. The van der Waals surface area contributed by atoms with E-state index in [1.54, 1.807) is 18.0 Å². The number of nitrogens with zero attached hydrogens (tertiary/aromatic N) is 1. The van der Waals surface area contributed by atoms with E-state index in [1.807, 2.05) is 48.5 Å². The molecule has 1 heterocycles. The zero-order chi connectivity index (χ0) is 17.6. The van der Waals surface area contributed by atoms with Crippen molar-refractivity contribution in [2.45, 2.75) is 13.2 Å². The van der Waals surface area contributed by atoms with Gasteiger partial charge in [0.15, 0.2) is 0 Å². The quantitative estimate of drug-likeness (QED) is 0.638. The van der Waals surface area contributed by atoms with Crippen molar-refractivity contribution in [2.75, 3.05) is 7.05 Å². The van der Waals surface area contributed by atoms with Gasteiger partial charge in [-0.25, -0.2) is 0 Å². The molecule has 0 saturated carbocycles. The van der Waals surface area contributed by atoms with Crippen LogP contribution in [0.4, 0.5) is 0 Å². The van der Waals surface area contributed by atoms with Crippen LogP contribution in [0.15, 0.2) is 71.5 Å². The topological polar surface area (TPSA) is 42.7 Å². The molecule has 1 amide bonds. The Morgan fingerprint density at radius 2 is 1.72 bits per heavy atom. The summed E-state index contributed by atoms with van der Waals surface area (Å²) in [5.41, 5.74) is 2.63. The van der Waals surface area contributed by atoms with Crippen molar-refractivity contribution >= 4 is 17.5 Å². The van der Waals surface area contributed by atoms with Crippen LogP contribution in [0.2, 0.25) is 5.02 Å². The molecule has 0 aliphatic carbocycles. The van der Waals surface area contributed by atoms with Crippen molar-refractivity contribution < 1.29 is 13.9 Å². The van der Waals surface area contributed by atoms with E-state index in [9.17, 15) is 4.79 Å². The fourth-order valence-corrected chi connectivity index (χ4v) is 2.52. The lowest BCUT2D eigenvalue weighted by molar-refractivity contribution is 0.0784. The number of benzene rings is 2. The van der Waals surface area contributed by atoms with Crippen LogP contribution in [0.25, 0.3) is 0 Å². The molecular formula is C20H18ClNO3. The van der Waals surface area contributed by atoms with Crippen LogP contribution in [0.3, 0.4) is 0 Å². The third-order valence-electron chi connectivity index (χ3n) is 3.78. The van der Waals surface area contributed by atoms with Crippen molar-refractivity contribution in [1.82, 2.24) is 4.90 Å². The first-order valence-corrected chi connectivity index (χ1v) is 8.23. The molecule has 5 heteroatoms. The zero-order valence-electron chi connectivity index (χ0n) is 13.8. The SMILES string of the molecule is CN(Cc1ccc(OCc2ccc(Cl)cc2)cc1)C(=O)c1ccoc1. The first kappa shape index (κ1) is 17.1. The average molecular weight is 356 g/mol. The number of hydrogen-bond acceptors (Lipinski definition) is 3. The van der Waals surface area contributed by atoms with Gasteiger partial charge in [-0.3, -0.25) is 4.79 Å². The minimum absolute atomic E-state index is 0.0724. The van der Waals surface area contributed by atoms with E-state index >= 15 is 0 Å². The van der Waals surface area contributed by atoms with Gasteiger partial charge in [0.25, 0.3) is 5.91 Å². The molecule has 0 unspecified atom stereocenters. The van der Waals surface area contributed by atoms with Gasteiger partial charge in [0.1, 0.15) is 18.6 Å². The second-order valence-corrected chi connectivity index (χ2v) is 6.17. The van der Waals surface area contributed by atoms with Crippen molar-refractivity contribution in [1.29, 1.82) is 0 Å². The van der Waals surface area contributed by atoms with Crippen molar-refractivity contribution in [3.05, 3.63) is 88.8 Å². The highest BCUT2D eigenvalue weighted by molar-refractivity contribution is 6.30. The maximum absolute atomic E-state index is 12.2. The fraction of sp³-hybridized carbons (Fsp3) is 0.150. The predicted octanol–water partition coefficient (Wildman–Crippen LogP) is 4.78. The van der Waals surface area contributed by atoms with E-state index in [-0.39, 0.29) is 5.91 Å². The number of ether oxygens (including phenoxy) is 1. The Labute approximate surface area is 151 Å². The van der Waals surface area contributed by atoms with Gasteiger partial charge in [0.2, 0.25) is 0 Å². The van der Waals surface area contributed by atoms with Gasteiger partial charge in [-0.1, -0.05) is 35.9 Å². The van der Waals surface area contributed by atoms with E-state index in [0.29, 0.717) is 23.7 Å². The predicted molar refractivity (Wildman–Crippen MR) is 96.7 cm³/mol. The lowest BCUT2D eigenvalue weighted by Crippen LogP contribution is -2.25. The molecule has 0 spiro atoms. The molecule has 4 nitrogen and oxygen atoms in total. The molecule has 3 rings (SSSR count). The third-order valence-corrected chi connectivity index (χ3v) is 4.03. The first-order valence-electron chi connectivity index (χ1n) is 7.85. The summed E-state index contributed by atoms with van der Waals surface area (Å²) in [7, 11) is 1.76. The number of carbonyl (C=O) groups is 1. The molecule has 128 valence electrons. The monoisotopic (exact) mass is 355 g/mol. The minimum atomic E-state index is -0.0724. The highest BCUT2D eigenvalue weighted by Crippen LogP contribution is 2.17. The second kappa shape index (κ2) is 7.90. The number of furan rings is 1. The van der Waals surface area contributed by atoms with Gasteiger partial charge in [-0.2, -0.15) is 0 Å². The highest BCUT2D eigenvalue weighted by Gasteiger charge is 2.13. The summed E-state index contributed by atoms with van der Waals surface area (Å²) in [5.74, 6) is 0.708. The summed E-state index contributed by atoms with van der Waals surface area (Å²) < 4.78 is 10.7. The number of carbonyl (C=O) groups excluding carboxylic acids is 1. The van der Waals surface area contributed by atoms with Crippen LogP contribution in [0.1, 0.15) is 21.5 Å². The maximum Gasteiger partial charge on any atom is 0.257 e. The van der Waals surface area contributed by atoms with Crippen molar-refractivity contribution in [3.63, 3.8) is 0 Å². The molecular weight excluding hydrogens is 338 g/mol. The highest BCUT2D eigenvalue weighted by atomic mass is 35.5. The van der Waals surface area contributed by atoms with Gasteiger partial charge in [0, 0.05) is 18.6 Å². The van der Waals surface area contributed by atoms with Crippen LogP contribution in [0.5, 0.6) is 5.75 Å². The van der Waals surface area contributed by atoms with Crippen LogP contribution in [0, 0.1) is 0 Å². The van der Waals surface area contributed by atoms with Crippen LogP contribution >= 0.6 is 11.6 Å². The Balaban J connectivity index is 1.54.